The summed E-state index contributed by atoms with van der Waals surface area (Å²) in [6, 6.07) is 4.52. The second-order valence-corrected chi connectivity index (χ2v) is 6.21. The van der Waals surface area contributed by atoms with Crippen molar-refractivity contribution in [1.82, 2.24) is 0 Å². The van der Waals surface area contributed by atoms with E-state index < -0.39 is 26.8 Å². The highest BCUT2D eigenvalue weighted by Crippen LogP contribution is 2.24. The number of rotatable bonds is 4. The van der Waals surface area contributed by atoms with Crippen LogP contribution in [0.4, 0.5) is 14.5 Å². The molecule has 0 aliphatic rings. The van der Waals surface area contributed by atoms with E-state index in [2.05, 4.69) is 21.2 Å². The van der Waals surface area contributed by atoms with E-state index >= 15 is 0 Å². The first kappa shape index (κ1) is 14.9. The lowest BCUT2D eigenvalue weighted by molar-refractivity contribution is 0.419. The zero-order valence-electron chi connectivity index (χ0n) is 9.86. The van der Waals surface area contributed by atoms with Gasteiger partial charge in [-0.15, -0.1) is 0 Å². The third kappa shape index (κ3) is 3.35. The Balaban J connectivity index is 2.13. The lowest BCUT2D eigenvalue weighted by Crippen LogP contribution is -2.10. The van der Waals surface area contributed by atoms with Crippen LogP contribution in [0, 0.1) is 11.6 Å². The van der Waals surface area contributed by atoms with E-state index in [0.717, 1.165) is 12.1 Å². The average Bonchev–Trinajstić information content (AvgIpc) is 2.80. The molecular formula is C11H9BrF2N2O3S. The standard InChI is InChI=1S/C11H9BrF2N2O3S/c12-7-3-9(14)10(4-8(7)13)16-5-6-1-2-11(19-6)20(15,17)18/h1-4,16H,5H2,(H2,15,17,18). The SMILES string of the molecule is NS(=O)(=O)c1ccc(CNc2cc(F)c(Br)cc2F)o1. The maximum atomic E-state index is 13.5. The molecule has 0 amide bonds. The smallest absolute Gasteiger partial charge is 0.271 e. The normalized spacial score (nSPS) is 11.6. The molecule has 1 aromatic heterocycles. The van der Waals surface area contributed by atoms with E-state index in [1.54, 1.807) is 0 Å². The first-order valence-electron chi connectivity index (χ1n) is 5.27. The highest BCUT2D eigenvalue weighted by atomic mass is 79.9. The Labute approximate surface area is 121 Å². The molecule has 5 nitrogen and oxygen atoms in total. The summed E-state index contributed by atoms with van der Waals surface area (Å²) >= 11 is 2.86. The van der Waals surface area contributed by atoms with Gasteiger partial charge < -0.3 is 9.73 Å². The second kappa shape index (κ2) is 5.51. The van der Waals surface area contributed by atoms with Crippen LogP contribution in [-0.2, 0) is 16.6 Å². The lowest BCUT2D eigenvalue weighted by Gasteiger charge is -2.07. The van der Waals surface area contributed by atoms with Crippen LogP contribution in [0.15, 0.2) is 38.2 Å². The number of nitrogens with two attached hydrogens (primary N) is 1. The number of sulfonamides is 1. The molecule has 0 spiro atoms. The van der Waals surface area contributed by atoms with Gasteiger partial charge in [0, 0.05) is 6.07 Å². The highest BCUT2D eigenvalue weighted by Gasteiger charge is 2.14. The summed E-state index contributed by atoms with van der Waals surface area (Å²) in [5.41, 5.74) is -0.0701. The highest BCUT2D eigenvalue weighted by molar-refractivity contribution is 9.10. The van der Waals surface area contributed by atoms with Gasteiger partial charge in [0.1, 0.15) is 17.4 Å². The Kier molecular flexibility index (Phi) is 4.11. The summed E-state index contributed by atoms with van der Waals surface area (Å²) in [5.74, 6) is -1.06. The van der Waals surface area contributed by atoms with Crippen molar-refractivity contribution in [2.75, 3.05) is 5.32 Å². The number of halogens is 3. The maximum absolute atomic E-state index is 13.5. The molecule has 0 unspecified atom stereocenters. The molecular weight excluding hydrogens is 358 g/mol. The van der Waals surface area contributed by atoms with E-state index in [1.165, 1.54) is 12.1 Å². The number of anilines is 1. The van der Waals surface area contributed by atoms with Crippen LogP contribution in [0.2, 0.25) is 0 Å². The molecule has 0 aliphatic carbocycles. The third-order valence-electron chi connectivity index (χ3n) is 2.38. The quantitative estimate of drug-likeness (QED) is 0.814. The summed E-state index contributed by atoms with van der Waals surface area (Å²) in [4.78, 5) is 0. The Hall–Kier alpha value is -1.45. The molecule has 0 bridgehead atoms. The fourth-order valence-corrected chi connectivity index (χ4v) is 2.24. The zero-order valence-corrected chi connectivity index (χ0v) is 12.3. The summed E-state index contributed by atoms with van der Waals surface area (Å²) in [7, 11) is -3.92. The van der Waals surface area contributed by atoms with Gasteiger partial charge in [-0.25, -0.2) is 22.3 Å². The van der Waals surface area contributed by atoms with Crippen molar-refractivity contribution >= 4 is 31.6 Å². The topological polar surface area (TPSA) is 85.3 Å². The Bertz CT molecular complexity index is 746. The van der Waals surface area contributed by atoms with E-state index in [-0.39, 0.29) is 22.5 Å². The summed E-state index contributed by atoms with van der Waals surface area (Å²) in [6.07, 6.45) is 0. The van der Waals surface area contributed by atoms with Gasteiger partial charge in [-0.1, -0.05) is 0 Å². The van der Waals surface area contributed by atoms with Gasteiger partial charge in [0.2, 0.25) is 5.09 Å². The van der Waals surface area contributed by atoms with E-state index in [9.17, 15) is 17.2 Å². The minimum Gasteiger partial charge on any atom is -0.446 e. The van der Waals surface area contributed by atoms with Gasteiger partial charge in [-0.3, -0.25) is 0 Å². The van der Waals surface area contributed by atoms with Gasteiger partial charge >= 0.3 is 0 Å². The Morgan fingerprint density at radius 2 is 1.95 bits per heavy atom. The summed E-state index contributed by atoms with van der Waals surface area (Å²) in [5, 5.41) is 7.09. The van der Waals surface area contributed by atoms with Gasteiger partial charge in [0.05, 0.1) is 16.7 Å². The third-order valence-corrected chi connectivity index (χ3v) is 3.77. The van der Waals surface area contributed by atoms with Crippen LogP contribution < -0.4 is 10.5 Å². The monoisotopic (exact) mass is 366 g/mol. The van der Waals surface area contributed by atoms with Gasteiger partial charge in [0.25, 0.3) is 10.0 Å². The predicted octanol–water partition coefficient (Wildman–Crippen LogP) is 2.58. The maximum Gasteiger partial charge on any atom is 0.271 e. The van der Waals surface area contributed by atoms with Gasteiger partial charge in [0.15, 0.2) is 0 Å². The van der Waals surface area contributed by atoms with Gasteiger partial charge in [-0.2, -0.15) is 0 Å². The van der Waals surface area contributed by atoms with Crippen LogP contribution in [-0.4, -0.2) is 8.42 Å². The summed E-state index contributed by atoms with van der Waals surface area (Å²) in [6.45, 7) is -0.0203. The van der Waals surface area contributed by atoms with Crippen molar-refractivity contribution in [1.29, 1.82) is 0 Å². The molecule has 9 heteroatoms. The second-order valence-electron chi connectivity index (χ2n) is 3.87. The van der Waals surface area contributed by atoms with Gasteiger partial charge in [-0.05, 0) is 34.1 Å². The molecule has 0 fully saturated rings. The van der Waals surface area contributed by atoms with Crippen LogP contribution in [0.25, 0.3) is 0 Å². The lowest BCUT2D eigenvalue weighted by atomic mass is 10.3. The molecule has 0 saturated carbocycles. The minimum atomic E-state index is -3.92. The largest absolute Gasteiger partial charge is 0.446 e. The zero-order chi connectivity index (χ0) is 14.9. The Morgan fingerprint density at radius 3 is 2.55 bits per heavy atom. The van der Waals surface area contributed by atoms with E-state index in [4.69, 9.17) is 9.56 Å². The molecule has 2 aromatic rings. The van der Waals surface area contributed by atoms with Crippen molar-refractivity contribution in [3.05, 3.63) is 46.1 Å². The fourth-order valence-electron chi connectivity index (χ4n) is 1.45. The molecule has 1 aromatic carbocycles. The predicted molar refractivity (Wildman–Crippen MR) is 71.5 cm³/mol. The van der Waals surface area contributed by atoms with Crippen LogP contribution in [0.3, 0.4) is 0 Å². The number of benzene rings is 1. The molecule has 1 heterocycles. The number of hydrogen-bond donors (Lipinski definition) is 2. The first-order valence-corrected chi connectivity index (χ1v) is 7.61. The fraction of sp³-hybridized carbons (Fsp3) is 0.0909. The van der Waals surface area contributed by atoms with Crippen molar-refractivity contribution < 1.29 is 21.6 Å². The Morgan fingerprint density at radius 1 is 1.25 bits per heavy atom. The first-order chi connectivity index (χ1) is 9.27. The molecule has 3 N–H and O–H groups in total. The van der Waals surface area contributed by atoms with Crippen molar-refractivity contribution in [3.63, 3.8) is 0 Å². The van der Waals surface area contributed by atoms with Crippen molar-refractivity contribution in [2.24, 2.45) is 5.14 Å². The number of hydrogen-bond acceptors (Lipinski definition) is 4. The summed E-state index contributed by atoms with van der Waals surface area (Å²) < 4.78 is 53.8. The van der Waals surface area contributed by atoms with Crippen molar-refractivity contribution in [2.45, 2.75) is 11.6 Å². The molecule has 0 radical (unpaired) electrons. The average molecular weight is 367 g/mol. The number of furan rings is 1. The van der Waals surface area contributed by atoms with E-state index in [1.807, 2.05) is 0 Å². The molecule has 0 aliphatic heterocycles. The molecule has 0 atom stereocenters. The number of nitrogens with one attached hydrogen (secondary N) is 1. The minimum absolute atomic E-state index is 0.00931. The molecule has 20 heavy (non-hydrogen) atoms. The van der Waals surface area contributed by atoms with Crippen molar-refractivity contribution in [3.8, 4) is 0 Å². The van der Waals surface area contributed by atoms with Crippen LogP contribution in [0.1, 0.15) is 5.76 Å². The number of primary sulfonamides is 1. The van der Waals surface area contributed by atoms with Crippen LogP contribution in [0.5, 0.6) is 0 Å². The molecule has 108 valence electrons. The molecule has 2 rings (SSSR count). The molecule has 0 saturated heterocycles. The van der Waals surface area contributed by atoms with E-state index in [0.29, 0.717) is 0 Å². The van der Waals surface area contributed by atoms with Crippen LogP contribution >= 0.6 is 15.9 Å².